The SMILES string of the molecule is COc1nc2ccccc2nc1N1CCC[C@@H](C(=O)Nc2cccc(F)c2)C1. The van der Waals surface area contributed by atoms with Crippen LogP contribution in [-0.4, -0.2) is 36.1 Å². The number of benzene rings is 2. The standard InChI is InChI=1S/C21H21FN4O2/c1-28-21-19(24-17-9-2-3-10-18(17)25-21)26-11-5-6-14(13-26)20(27)23-16-8-4-7-15(22)12-16/h2-4,7-10,12,14H,5-6,11,13H2,1H3,(H,23,27)/t14-/m1/s1. The van der Waals surface area contributed by atoms with Gasteiger partial charge in [0.1, 0.15) is 5.82 Å². The highest BCUT2D eigenvalue weighted by molar-refractivity contribution is 5.93. The van der Waals surface area contributed by atoms with Crippen LogP contribution in [0.2, 0.25) is 0 Å². The van der Waals surface area contributed by atoms with Gasteiger partial charge in [-0.25, -0.2) is 14.4 Å². The molecule has 1 atom stereocenters. The van der Waals surface area contributed by atoms with Crippen LogP contribution in [0.1, 0.15) is 12.8 Å². The van der Waals surface area contributed by atoms with E-state index in [0.717, 1.165) is 30.4 Å². The lowest BCUT2D eigenvalue weighted by molar-refractivity contribution is -0.120. The minimum absolute atomic E-state index is 0.122. The Kier molecular flexibility index (Phi) is 5.06. The van der Waals surface area contributed by atoms with Crippen molar-refractivity contribution in [1.29, 1.82) is 0 Å². The van der Waals surface area contributed by atoms with Gasteiger partial charge < -0.3 is 15.0 Å². The van der Waals surface area contributed by atoms with Crippen LogP contribution in [0.5, 0.6) is 5.88 Å². The zero-order valence-corrected chi connectivity index (χ0v) is 15.6. The number of hydrogen-bond donors (Lipinski definition) is 1. The van der Waals surface area contributed by atoms with Gasteiger partial charge in [0.2, 0.25) is 5.91 Å². The van der Waals surface area contributed by atoms with Crippen LogP contribution in [0.4, 0.5) is 15.9 Å². The molecule has 0 saturated carbocycles. The van der Waals surface area contributed by atoms with E-state index in [1.807, 2.05) is 29.2 Å². The number of carbonyl (C=O) groups excluding carboxylic acids is 1. The Hall–Kier alpha value is -3.22. The zero-order chi connectivity index (χ0) is 19.5. The van der Waals surface area contributed by atoms with Gasteiger partial charge in [-0.3, -0.25) is 4.79 Å². The first-order valence-electron chi connectivity index (χ1n) is 9.26. The van der Waals surface area contributed by atoms with E-state index < -0.39 is 0 Å². The van der Waals surface area contributed by atoms with E-state index in [1.54, 1.807) is 19.2 Å². The van der Waals surface area contributed by atoms with Crippen molar-refractivity contribution in [2.45, 2.75) is 12.8 Å². The number of aromatic nitrogens is 2. The van der Waals surface area contributed by atoms with E-state index in [-0.39, 0.29) is 17.6 Å². The summed E-state index contributed by atoms with van der Waals surface area (Å²) in [6.45, 7) is 1.28. The molecule has 1 fully saturated rings. The van der Waals surface area contributed by atoms with Crippen LogP contribution in [0.25, 0.3) is 11.0 Å². The number of fused-ring (bicyclic) bond motifs is 1. The molecule has 28 heavy (non-hydrogen) atoms. The molecule has 3 aromatic rings. The van der Waals surface area contributed by atoms with Crippen LogP contribution in [-0.2, 0) is 4.79 Å². The Morgan fingerprint density at radius 2 is 1.96 bits per heavy atom. The minimum Gasteiger partial charge on any atom is -0.478 e. The molecule has 1 aliphatic heterocycles. The van der Waals surface area contributed by atoms with E-state index in [1.165, 1.54) is 12.1 Å². The van der Waals surface area contributed by atoms with Gasteiger partial charge in [0.05, 0.1) is 24.1 Å². The predicted molar refractivity (Wildman–Crippen MR) is 106 cm³/mol. The Balaban J connectivity index is 1.55. The van der Waals surface area contributed by atoms with Gasteiger partial charge in [-0.15, -0.1) is 0 Å². The maximum atomic E-state index is 13.4. The van der Waals surface area contributed by atoms with Gasteiger partial charge in [-0.05, 0) is 43.2 Å². The van der Waals surface area contributed by atoms with Crippen LogP contribution < -0.4 is 15.0 Å². The Bertz CT molecular complexity index is 1010. The Morgan fingerprint density at radius 3 is 2.71 bits per heavy atom. The molecule has 1 aliphatic rings. The molecule has 0 unspecified atom stereocenters. The quantitative estimate of drug-likeness (QED) is 0.749. The van der Waals surface area contributed by atoms with Crippen molar-refractivity contribution in [3.05, 3.63) is 54.3 Å². The number of amides is 1. The van der Waals surface area contributed by atoms with Gasteiger partial charge in [-0.2, -0.15) is 0 Å². The molecule has 1 amide bonds. The third-order valence-electron chi connectivity index (χ3n) is 4.90. The number of carbonyl (C=O) groups is 1. The number of hydrogen-bond acceptors (Lipinski definition) is 5. The summed E-state index contributed by atoms with van der Waals surface area (Å²) in [6.07, 6.45) is 1.61. The molecule has 0 radical (unpaired) electrons. The predicted octanol–water partition coefficient (Wildman–Crippen LogP) is 3.63. The molecule has 6 nitrogen and oxygen atoms in total. The third-order valence-corrected chi connectivity index (χ3v) is 4.90. The molecule has 0 bridgehead atoms. The van der Waals surface area contributed by atoms with Gasteiger partial charge in [-0.1, -0.05) is 18.2 Å². The molecule has 1 N–H and O–H groups in total. The Labute approximate surface area is 162 Å². The van der Waals surface area contributed by atoms with Crippen LogP contribution in [0.15, 0.2) is 48.5 Å². The number of rotatable bonds is 4. The molecule has 1 aromatic heterocycles. The molecule has 0 aliphatic carbocycles. The smallest absolute Gasteiger partial charge is 0.257 e. The first-order chi connectivity index (χ1) is 13.6. The summed E-state index contributed by atoms with van der Waals surface area (Å²) in [5, 5.41) is 2.81. The highest BCUT2D eigenvalue weighted by atomic mass is 19.1. The number of methoxy groups -OCH3 is 1. The maximum Gasteiger partial charge on any atom is 0.257 e. The van der Waals surface area contributed by atoms with Crippen molar-refractivity contribution in [1.82, 2.24) is 9.97 Å². The Morgan fingerprint density at radius 1 is 1.18 bits per heavy atom. The van der Waals surface area contributed by atoms with E-state index in [2.05, 4.69) is 10.3 Å². The van der Waals surface area contributed by atoms with Crippen molar-refractivity contribution in [3.63, 3.8) is 0 Å². The molecule has 2 heterocycles. The number of nitrogens with zero attached hydrogens (tertiary/aromatic N) is 3. The number of halogens is 1. The number of para-hydroxylation sites is 2. The van der Waals surface area contributed by atoms with Crippen molar-refractivity contribution < 1.29 is 13.9 Å². The van der Waals surface area contributed by atoms with Crippen molar-refractivity contribution in [3.8, 4) is 5.88 Å². The van der Waals surface area contributed by atoms with Crippen molar-refractivity contribution in [2.75, 3.05) is 30.4 Å². The highest BCUT2D eigenvalue weighted by Crippen LogP contribution is 2.30. The summed E-state index contributed by atoms with van der Waals surface area (Å²) in [6, 6.07) is 13.5. The summed E-state index contributed by atoms with van der Waals surface area (Å²) in [5.41, 5.74) is 2.01. The van der Waals surface area contributed by atoms with E-state index in [0.29, 0.717) is 23.9 Å². The molecular formula is C21H21FN4O2. The number of ether oxygens (including phenoxy) is 1. The minimum atomic E-state index is -0.376. The second kappa shape index (κ2) is 7.80. The van der Waals surface area contributed by atoms with Crippen LogP contribution in [0.3, 0.4) is 0 Å². The molecule has 144 valence electrons. The summed E-state index contributed by atoms with van der Waals surface area (Å²) in [7, 11) is 1.57. The largest absolute Gasteiger partial charge is 0.478 e. The van der Waals surface area contributed by atoms with Crippen molar-refractivity contribution in [2.24, 2.45) is 5.92 Å². The normalized spacial score (nSPS) is 16.8. The second-order valence-corrected chi connectivity index (χ2v) is 6.83. The zero-order valence-electron chi connectivity index (χ0n) is 15.6. The fourth-order valence-electron chi connectivity index (χ4n) is 3.51. The average molecular weight is 380 g/mol. The lowest BCUT2D eigenvalue weighted by Gasteiger charge is -2.33. The molecule has 0 spiro atoms. The fourth-order valence-corrected chi connectivity index (χ4v) is 3.51. The van der Waals surface area contributed by atoms with Gasteiger partial charge in [0.15, 0.2) is 5.82 Å². The lowest BCUT2D eigenvalue weighted by Crippen LogP contribution is -2.41. The number of anilines is 2. The topological polar surface area (TPSA) is 67.4 Å². The summed E-state index contributed by atoms with van der Waals surface area (Å²) in [4.78, 5) is 24.0. The molecule has 4 rings (SSSR count). The van der Waals surface area contributed by atoms with Gasteiger partial charge >= 0.3 is 0 Å². The highest BCUT2D eigenvalue weighted by Gasteiger charge is 2.29. The lowest BCUT2D eigenvalue weighted by atomic mass is 9.97. The second-order valence-electron chi connectivity index (χ2n) is 6.83. The van der Waals surface area contributed by atoms with E-state index in [9.17, 15) is 9.18 Å². The van der Waals surface area contributed by atoms with Crippen molar-refractivity contribution >= 4 is 28.4 Å². The fraction of sp³-hybridized carbons (Fsp3) is 0.286. The molecular weight excluding hydrogens is 359 g/mol. The van der Waals surface area contributed by atoms with E-state index >= 15 is 0 Å². The molecule has 1 saturated heterocycles. The number of nitrogens with one attached hydrogen (secondary N) is 1. The maximum absolute atomic E-state index is 13.4. The molecule has 2 aromatic carbocycles. The monoisotopic (exact) mass is 380 g/mol. The summed E-state index contributed by atoms with van der Waals surface area (Å²) >= 11 is 0. The summed E-state index contributed by atoms with van der Waals surface area (Å²) in [5.74, 6) is 0.367. The third kappa shape index (κ3) is 3.74. The first kappa shape index (κ1) is 18.2. The number of piperidine rings is 1. The van der Waals surface area contributed by atoms with Crippen LogP contribution >= 0.6 is 0 Å². The first-order valence-corrected chi connectivity index (χ1v) is 9.26. The average Bonchev–Trinajstić information content (AvgIpc) is 2.73. The van der Waals surface area contributed by atoms with Crippen LogP contribution in [0, 0.1) is 11.7 Å². The van der Waals surface area contributed by atoms with Gasteiger partial charge in [0.25, 0.3) is 5.88 Å². The van der Waals surface area contributed by atoms with Gasteiger partial charge in [0, 0.05) is 18.8 Å². The summed E-state index contributed by atoms with van der Waals surface area (Å²) < 4.78 is 18.8. The molecule has 7 heteroatoms. The van der Waals surface area contributed by atoms with E-state index in [4.69, 9.17) is 9.72 Å².